The van der Waals surface area contributed by atoms with E-state index in [0.717, 1.165) is 22.4 Å². The predicted octanol–water partition coefficient (Wildman–Crippen LogP) is 3.29. The zero-order chi connectivity index (χ0) is 23.6. The minimum Gasteiger partial charge on any atom is -0.378 e. The van der Waals surface area contributed by atoms with Crippen LogP contribution in [0.1, 0.15) is 27.0 Å². The Bertz CT molecular complexity index is 1170. The monoisotopic (exact) mass is 453 g/mol. The first kappa shape index (κ1) is 23.1. The van der Waals surface area contributed by atoms with Gasteiger partial charge in [0, 0.05) is 42.0 Å². The maximum Gasteiger partial charge on any atom is 0.254 e. The summed E-state index contributed by atoms with van der Waals surface area (Å²) in [7, 11) is 0. The van der Waals surface area contributed by atoms with E-state index in [1.165, 1.54) is 0 Å². The molecular formula is C28H27N3O3. The predicted molar refractivity (Wildman–Crippen MR) is 132 cm³/mol. The van der Waals surface area contributed by atoms with Crippen LogP contribution < -0.4 is 10.6 Å². The maximum absolute atomic E-state index is 12.5. The number of nitrogens with zero attached hydrogens (tertiary/aromatic N) is 1. The second-order valence-corrected chi connectivity index (χ2v) is 7.93. The van der Waals surface area contributed by atoms with E-state index in [1.807, 2.05) is 66.7 Å². The van der Waals surface area contributed by atoms with Crippen LogP contribution in [0, 0.1) is 11.8 Å². The molecule has 1 heterocycles. The van der Waals surface area contributed by atoms with E-state index in [-0.39, 0.29) is 18.4 Å². The molecule has 34 heavy (non-hydrogen) atoms. The van der Waals surface area contributed by atoms with Crippen molar-refractivity contribution in [3.63, 3.8) is 0 Å². The Morgan fingerprint density at radius 3 is 2.32 bits per heavy atom. The van der Waals surface area contributed by atoms with Crippen LogP contribution in [-0.4, -0.2) is 49.6 Å². The highest BCUT2D eigenvalue weighted by Crippen LogP contribution is 2.11. The minimum absolute atomic E-state index is 0.0128. The third kappa shape index (κ3) is 6.71. The normalized spacial score (nSPS) is 12.9. The molecule has 2 amide bonds. The molecule has 0 radical (unpaired) electrons. The van der Waals surface area contributed by atoms with Crippen molar-refractivity contribution >= 4 is 17.5 Å². The molecule has 0 spiro atoms. The topological polar surface area (TPSA) is 70.7 Å². The van der Waals surface area contributed by atoms with Crippen LogP contribution in [0.4, 0.5) is 5.69 Å². The number of hydrogen-bond donors (Lipinski definition) is 2. The quantitative estimate of drug-likeness (QED) is 0.562. The lowest BCUT2D eigenvalue weighted by Gasteiger charge is -2.26. The molecule has 4 rings (SSSR count). The van der Waals surface area contributed by atoms with Crippen LogP contribution in [0.5, 0.6) is 0 Å². The van der Waals surface area contributed by atoms with Crippen molar-refractivity contribution in [2.24, 2.45) is 0 Å². The summed E-state index contributed by atoms with van der Waals surface area (Å²) >= 11 is 0. The van der Waals surface area contributed by atoms with Crippen LogP contribution in [0.25, 0.3) is 0 Å². The third-order valence-electron chi connectivity index (χ3n) is 5.43. The molecule has 2 N–H and O–H groups in total. The summed E-state index contributed by atoms with van der Waals surface area (Å²) in [5, 5.41) is 6.04. The molecule has 0 atom stereocenters. The van der Waals surface area contributed by atoms with Crippen LogP contribution in [0.3, 0.4) is 0 Å². The van der Waals surface area contributed by atoms with Crippen LogP contribution in [0.15, 0.2) is 78.9 Å². The molecule has 172 valence electrons. The van der Waals surface area contributed by atoms with Crippen molar-refractivity contribution in [2.45, 2.75) is 6.54 Å². The van der Waals surface area contributed by atoms with Gasteiger partial charge in [0.2, 0.25) is 5.91 Å². The molecule has 0 aliphatic carbocycles. The molecule has 0 bridgehead atoms. The molecule has 1 saturated heterocycles. The van der Waals surface area contributed by atoms with E-state index in [9.17, 15) is 9.59 Å². The first-order valence-electron chi connectivity index (χ1n) is 11.3. The first-order valence-corrected chi connectivity index (χ1v) is 11.3. The zero-order valence-electron chi connectivity index (χ0n) is 18.9. The van der Waals surface area contributed by atoms with Crippen molar-refractivity contribution in [1.29, 1.82) is 0 Å². The Labute approximate surface area is 199 Å². The Kier molecular flexibility index (Phi) is 7.94. The Balaban J connectivity index is 1.24. The van der Waals surface area contributed by atoms with E-state index in [1.54, 1.807) is 17.0 Å². The molecule has 1 aliphatic rings. The minimum atomic E-state index is -0.116. The van der Waals surface area contributed by atoms with Crippen LogP contribution >= 0.6 is 0 Å². The second-order valence-electron chi connectivity index (χ2n) is 7.93. The second kappa shape index (κ2) is 11.7. The number of carbonyl (C=O) groups is 2. The van der Waals surface area contributed by atoms with Crippen molar-refractivity contribution in [2.75, 3.05) is 38.2 Å². The van der Waals surface area contributed by atoms with Gasteiger partial charge in [-0.15, -0.1) is 0 Å². The molecule has 6 nitrogen and oxygen atoms in total. The SMILES string of the molecule is O=C(CNc1cccc(C#Cc2ccccc2)c1)NCc1ccc(C(=O)N2CCOCC2)cc1. The average molecular weight is 454 g/mol. The summed E-state index contributed by atoms with van der Waals surface area (Å²) < 4.78 is 5.30. The highest BCUT2D eigenvalue weighted by Gasteiger charge is 2.18. The van der Waals surface area contributed by atoms with Gasteiger partial charge in [-0.3, -0.25) is 9.59 Å². The summed E-state index contributed by atoms with van der Waals surface area (Å²) in [6, 6.07) is 24.8. The number of carbonyl (C=O) groups excluding carboxylic acids is 2. The number of morpholine rings is 1. The van der Waals surface area contributed by atoms with Gasteiger partial charge in [-0.2, -0.15) is 0 Å². The average Bonchev–Trinajstić information content (AvgIpc) is 2.91. The van der Waals surface area contributed by atoms with Gasteiger partial charge < -0.3 is 20.3 Å². The van der Waals surface area contributed by atoms with Gasteiger partial charge in [-0.05, 0) is 48.0 Å². The van der Waals surface area contributed by atoms with E-state index >= 15 is 0 Å². The number of ether oxygens (including phenoxy) is 1. The van der Waals surface area contributed by atoms with E-state index in [4.69, 9.17) is 4.74 Å². The lowest BCUT2D eigenvalue weighted by atomic mass is 10.1. The van der Waals surface area contributed by atoms with Gasteiger partial charge in [0.05, 0.1) is 19.8 Å². The highest BCUT2D eigenvalue weighted by atomic mass is 16.5. The molecule has 1 aliphatic heterocycles. The summed E-state index contributed by atoms with van der Waals surface area (Å²) in [5.74, 6) is 6.18. The molecule has 0 aromatic heterocycles. The highest BCUT2D eigenvalue weighted by molar-refractivity contribution is 5.94. The number of amides is 2. The largest absolute Gasteiger partial charge is 0.378 e. The van der Waals surface area contributed by atoms with Gasteiger partial charge in [0.15, 0.2) is 0 Å². The number of nitrogens with one attached hydrogen (secondary N) is 2. The Hall–Kier alpha value is -4.08. The molecular weight excluding hydrogens is 426 g/mol. The van der Waals surface area contributed by atoms with Crippen molar-refractivity contribution in [1.82, 2.24) is 10.2 Å². The fraction of sp³-hybridized carbons (Fsp3) is 0.214. The van der Waals surface area contributed by atoms with Crippen molar-refractivity contribution < 1.29 is 14.3 Å². The molecule has 1 fully saturated rings. The number of anilines is 1. The van der Waals surface area contributed by atoms with Gasteiger partial charge in [-0.1, -0.05) is 48.2 Å². The fourth-order valence-electron chi connectivity index (χ4n) is 3.53. The summed E-state index contributed by atoms with van der Waals surface area (Å²) in [6.07, 6.45) is 0. The number of benzene rings is 3. The zero-order valence-corrected chi connectivity index (χ0v) is 18.9. The van der Waals surface area contributed by atoms with Gasteiger partial charge >= 0.3 is 0 Å². The number of rotatable bonds is 6. The Morgan fingerprint density at radius 2 is 1.56 bits per heavy atom. The molecule has 6 heteroatoms. The van der Waals surface area contributed by atoms with Crippen molar-refractivity contribution in [3.05, 3.63) is 101 Å². The van der Waals surface area contributed by atoms with Crippen LogP contribution in [0.2, 0.25) is 0 Å². The molecule has 0 unspecified atom stereocenters. The van der Waals surface area contributed by atoms with Gasteiger partial charge in [0.1, 0.15) is 0 Å². The van der Waals surface area contributed by atoms with Crippen LogP contribution in [-0.2, 0) is 16.1 Å². The Morgan fingerprint density at radius 1 is 0.853 bits per heavy atom. The maximum atomic E-state index is 12.5. The summed E-state index contributed by atoms with van der Waals surface area (Å²) in [5.41, 5.74) is 4.25. The lowest BCUT2D eigenvalue weighted by molar-refractivity contribution is -0.119. The van der Waals surface area contributed by atoms with E-state index in [2.05, 4.69) is 22.5 Å². The first-order chi connectivity index (χ1) is 16.7. The smallest absolute Gasteiger partial charge is 0.254 e. The molecule has 0 saturated carbocycles. The summed E-state index contributed by atoms with van der Waals surface area (Å²) in [4.78, 5) is 26.6. The van der Waals surface area contributed by atoms with Gasteiger partial charge in [-0.25, -0.2) is 0 Å². The van der Waals surface area contributed by atoms with Crippen molar-refractivity contribution in [3.8, 4) is 11.8 Å². The third-order valence-corrected chi connectivity index (χ3v) is 5.43. The summed E-state index contributed by atoms with van der Waals surface area (Å²) in [6.45, 7) is 2.95. The lowest BCUT2D eigenvalue weighted by Crippen LogP contribution is -2.40. The standard InChI is InChI=1S/C28H27N3O3/c32-27(21-29-26-8-4-7-23(19-26)10-9-22-5-2-1-3-6-22)30-20-24-11-13-25(14-12-24)28(33)31-15-17-34-18-16-31/h1-8,11-14,19,29H,15-18,20-21H2,(H,30,32). The van der Waals surface area contributed by atoms with E-state index < -0.39 is 0 Å². The molecule has 3 aromatic rings. The fourth-order valence-corrected chi connectivity index (χ4v) is 3.53. The molecule has 3 aromatic carbocycles. The van der Waals surface area contributed by atoms with E-state index in [0.29, 0.717) is 38.4 Å². The number of hydrogen-bond acceptors (Lipinski definition) is 4. The van der Waals surface area contributed by atoms with Gasteiger partial charge in [0.25, 0.3) is 5.91 Å².